The first kappa shape index (κ1) is 27.5. The van der Waals surface area contributed by atoms with Crippen molar-refractivity contribution in [3.63, 3.8) is 0 Å². The highest BCUT2D eigenvalue weighted by Crippen LogP contribution is 2.30. The van der Waals surface area contributed by atoms with Gasteiger partial charge in [0.15, 0.2) is 11.0 Å². The molecular formula is C32H29ClN4O2S. The van der Waals surface area contributed by atoms with Crippen LogP contribution in [-0.4, -0.2) is 27.8 Å². The van der Waals surface area contributed by atoms with Crippen LogP contribution in [0.2, 0.25) is 5.02 Å². The fourth-order valence-electron chi connectivity index (χ4n) is 4.54. The summed E-state index contributed by atoms with van der Waals surface area (Å²) >= 11 is 7.97. The van der Waals surface area contributed by atoms with E-state index in [1.807, 2.05) is 109 Å². The molecule has 0 saturated heterocycles. The Morgan fingerprint density at radius 3 is 2.30 bits per heavy atom. The van der Waals surface area contributed by atoms with Crippen LogP contribution in [0.1, 0.15) is 34.0 Å². The second-order valence-electron chi connectivity index (χ2n) is 9.28. The maximum absolute atomic E-state index is 13.7. The number of carbonyl (C=O) groups excluding carboxylic acids is 1. The third kappa shape index (κ3) is 6.38. The van der Waals surface area contributed by atoms with Crippen molar-refractivity contribution in [3.05, 3.63) is 136 Å². The van der Waals surface area contributed by atoms with Crippen molar-refractivity contribution in [1.82, 2.24) is 20.1 Å². The maximum atomic E-state index is 13.7. The summed E-state index contributed by atoms with van der Waals surface area (Å²) in [5, 5.41) is 13.4. The Bertz CT molecular complexity index is 1550. The fraction of sp³-hybridized carbons (Fsp3) is 0.156. The van der Waals surface area contributed by atoms with Crippen molar-refractivity contribution < 1.29 is 9.53 Å². The van der Waals surface area contributed by atoms with Crippen molar-refractivity contribution in [1.29, 1.82) is 0 Å². The predicted octanol–water partition coefficient (Wildman–Crippen LogP) is 6.98. The summed E-state index contributed by atoms with van der Waals surface area (Å²) in [7, 11) is 1.66. The minimum atomic E-state index is -0.450. The quantitative estimate of drug-likeness (QED) is 0.184. The van der Waals surface area contributed by atoms with Crippen molar-refractivity contribution in [3.8, 4) is 11.4 Å². The zero-order chi connectivity index (χ0) is 27.9. The van der Waals surface area contributed by atoms with Gasteiger partial charge in [0, 0.05) is 10.8 Å². The van der Waals surface area contributed by atoms with E-state index in [-0.39, 0.29) is 12.5 Å². The first-order chi connectivity index (χ1) is 19.5. The zero-order valence-electron chi connectivity index (χ0n) is 22.3. The molecule has 0 aliphatic heterocycles. The molecule has 1 amide bonds. The Labute approximate surface area is 243 Å². The minimum Gasteiger partial charge on any atom is -0.497 e. The van der Waals surface area contributed by atoms with Gasteiger partial charge >= 0.3 is 0 Å². The summed E-state index contributed by atoms with van der Waals surface area (Å²) in [4.78, 5) is 13.7. The second kappa shape index (κ2) is 12.9. The van der Waals surface area contributed by atoms with Crippen LogP contribution >= 0.6 is 23.4 Å². The van der Waals surface area contributed by atoms with E-state index < -0.39 is 5.92 Å². The first-order valence-electron chi connectivity index (χ1n) is 12.9. The van der Waals surface area contributed by atoms with Gasteiger partial charge in [0.25, 0.3) is 0 Å². The molecule has 5 aromatic rings. The lowest BCUT2D eigenvalue weighted by Crippen LogP contribution is -2.30. The minimum absolute atomic E-state index is 0.111. The highest BCUT2D eigenvalue weighted by Gasteiger charge is 2.24. The third-order valence-electron chi connectivity index (χ3n) is 6.56. The zero-order valence-corrected chi connectivity index (χ0v) is 23.8. The van der Waals surface area contributed by atoms with Crippen LogP contribution < -0.4 is 10.1 Å². The van der Waals surface area contributed by atoms with Crippen LogP contribution in [0.3, 0.4) is 0 Å². The summed E-state index contributed by atoms with van der Waals surface area (Å²) < 4.78 is 7.35. The molecule has 0 bridgehead atoms. The number of carbonyl (C=O) groups is 1. The standard InChI is InChI=1S/C32H29ClN4O2S/c1-22-16-17-26(33)19-28(22)37-29(35-36-32(37)40-21-23-10-9-15-27(18-23)39-2)20-34-31(38)30(24-11-5-3-6-12-24)25-13-7-4-8-14-25/h3-19,30H,20-21H2,1-2H3,(H,34,38). The number of benzene rings is 4. The van der Waals surface area contributed by atoms with E-state index in [0.717, 1.165) is 33.7 Å². The molecule has 0 aliphatic carbocycles. The first-order valence-corrected chi connectivity index (χ1v) is 14.2. The molecule has 4 aromatic carbocycles. The van der Waals surface area contributed by atoms with Gasteiger partial charge in [0.2, 0.25) is 5.91 Å². The maximum Gasteiger partial charge on any atom is 0.232 e. The van der Waals surface area contributed by atoms with Gasteiger partial charge in [0.05, 0.1) is 25.3 Å². The molecule has 0 aliphatic rings. The number of thioether (sulfide) groups is 1. The number of halogens is 1. The normalized spacial score (nSPS) is 11.0. The summed E-state index contributed by atoms with van der Waals surface area (Å²) in [5.41, 5.74) is 4.84. The molecule has 0 fully saturated rings. The molecule has 0 radical (unpaired) electrons. The van der Waals surface area contributed by atoms with Gasteiger partial charge in [-0.2, -0.15) is 0 Å². The number of nitrogens with one attached hydrogen (secondary N) is 1. The van der Waals surface area contributed by atoms with Gasteiger partial charge in [-0.05, 0) is 53.4 Å². The SMILES string of the molecule is COc1cccc(CSc2nnc(CNC(=O)C(c3ccccc3)c3ccccc3)n2-c2cc(Cl)ccc2C)c1. The van der Waals surface area contributed by atoms with Gasteiger partial charge < -0.3 is 10.1 Å². The summed E-state index contributed by atoms with van der Waals surface area (Å²) in [6.07, 6.45) is 0. The molecule has 0 atom stereocenters. The van der Waals surface area contributed by atoms with Crippen LogP contribution in [-0.2, 0) is 17.1 Å². The topological polar surface area (TPSA) is 69.0 Å². The molecular weight excluding hydrogens is 540 g/mol. The Hall–Kier alpha value is -4.07. The molecule has 1 heterocycles. The second-order valence-corrected chi connectivity index (χ2v) is 10.7. The number of methoxy groups -OCH3 is 1. The number of nitrogens with zero attached hydrogens (tertiary/aromatic N) is 3. The Morgan fingerprint density at radius 2 is 1.62 bits per heavy atom. The molecule has 8 heteroatoms. The van der Waals surface area contributed by atoms with Gasteiger partial charge in [-0.15, -0.1) is 10.2 Å². The lowest BCUT2D eigenvalue weighted by molar-refractivity contribution is -0.121. The Morgan fingerprint density at radius 1 is 0.925 bits per heavy atom. The van der Waals surface area contributed by atoms with Crippen LogP contribution in [0, 0.1) is 6.92 Å². The van der Waals surface area contributed by atoms with E-state index in [1.54, 1.807) is 18.9 Å². The van der Waals surface area contributed by atoms with E-state index in [0.29, 0.717) is 21.8 Å². The molecule has 0 spiro atoms. The molecule has 1 N–H and O–H groups in total. The number of aromatic nitrogens is 3. The highest BCUT2D eigenvalue weighted by molar-refractivity contribution is 7.98. The highest BCUT2D eigenvalue weighted by atomic mass is 35.5. The molecule has 0 unspecified atom stereocenters. The lowest BCUT2D eigenvalue weighted by atomic mass is 9.90. The molecule has 6 nitrogen and oxygen atoms in total. The summed E-state index contributed by atoms with van der Waals surface area (Å²) in [5.74, 6) is 1.53. The number of hydrogen-bond acceptors (Lipinski definition) is 5. The monoisotopic (exact) mass is 568 g/mol. The van der Waals surface area contributed by atoms with Gasteiger partial charge in [-0.1, -0.05) is 102 Å². The number of rotatable bonds is 10. The molecule has 202 valence electrons. The van der Waals surface area contributed by atoms with Crippen molar-refractivity contribution in [2.75, 3.05) is 7.11 Å². The number of aryl methyl sites for hydroxylation is 1. The Balaban J connectivity index is 1.43. The van der Waals surface area contributed by atoms with E-state index in [2.05, 4.69) is 21.6 Å². The third-order valence-corrected chi connectivity index (χ3v) is 7.80. The smallest absolute Gasteiger partial charge is 0.232 e. The van der Waals surface area contributed by atoms with Crippen molar-refractivity contribution in [2.45, 2.75) is 30.3 Å². The van der Waals surface area contributed by atoms with Gasteiger partial charge in [0.1, 0.15) is 5.75 Å². The van der Waals surface area contributed by atoms with Gasteiger partial charge in [-0.25, -0.2) is 0 Å². The van der Waals surface area contributed by atoms with Crippen LogP contribution in [0.15, 0.2) is 108 Å². The van der Waals surface area contributed by atoms with Gasteiger partial charge in [-0.3, -0.25) is 9.36 Å². The predicted molar refractivity (Wildman–Crippen MR) is 160 cm³/mol. The molecule has 1 aromatic heterocycles. The molecule has 40 heavy (non-hydrogen) atoms. The average Bonchev–Trinajstić information content (AvgIpc) is 3.40. The van der Waals surface area contributed by atoms with E-state index in [9.17, 15) is 4.79 Å². The van der Waals surface area contributed by atoms with Crippen molar-refractivity contribution >= 4 is 29.3 Å². The van der Waals surface area contributed by atoms with E-state index in [1.165, 1.54) is 0 Å². The summed E-state index contributed by atoms with van der Waals surface area (Å²) in [6, 6.07) is 33.3. The van der Waals surface area contributed by atoms with E-state index >= 15 is 0 Å². The molecule has 0 saturated carbocycles. The number of hydrogen-bond donors (Lipinski definition) is 1. The lowest BCUT2D eigenvalue weighted by Gasteiger charge is -2.18. The van der Waals surface area contributed by atoms with Crippen LogP contribution in [0.4, 0.5) is 0 Å². The van der Waals surface area contributed by atoms with Crippen LogP contribution in [0.25, 0.3) is 5.69 Å². The summed E-state index contributed by atoms with van der Waals surface area (Å²) in [6.45, 7) is 2.22. The van der Waals surface area contributed by atoms with E-state index in [4.69, 9.17) is 16.3 Å². The van der Waals surface area contributed by atoms with Crippen molar-refractivity contribution in [2.24, 2.45) is 0 Å². The largest absolute Gasteiger partial charge is 0.497 e. The van der Waals surface area contributed by atoms with Crippen LogP contribution in [0.5, 0.6) is 5.75 Å². The average molecular weight is 569 g/mol. The number of ether oxygens (including phenoxy) is 1. The number of amides is 1. The fourth-order valence-corrected chi connectivity index (χ4v) is 5.61. The Kier molecular flexibility index (Phi) is 8.84. The molecule has 5 rings (SSSR count).